The molecule has 3 rings (SSSR count). The molecule has 2 heterocycles. The fourth-order valence-corrected chi connectivity index (χ4v) is 3.55. The molecule has 3 aromatic rings. The van der Waals surface area contributed by atoms with Crippen molar-refractivity contribution in [2.45, 2.75) is 40.3 Å². The number of fused-ring (bicyclic) bond motifs is 1. The van der Waals surface area contributed by atoms with Crippen molar-refractivity contribution in [2.75, 3.05) is 0 Å². The second-order valence-electron chi connectivity index (χ2n) is 5.56. The number of hydrogen-bond donors (Lipinski definition) is 1. The minimum Gasteiger partial charge on any atom is -0.348 e. The van der Waals surface area contributed by atoms with Gasteiger partial charge >= 0.3 is 0 Å². The number of nitrogens with zero attached hydrogens (tertiary/aromatic N) is 3. The van der Waals surface area contributed by atoms with E-state index < -0.39 is 0 Å². The molecular weight excluding hydrogens is 308 g/mol. The van der Waals surface area contributed by atoms with Crippen molar-refractivity contribution in [3.63, 3.8) is 0 Å². The maximum atomic E-state index is 12.5. The fraction of sp³-hybridized carbons (Fsp3) is 0.353. The number of benzene rings is 1. The fourth-order valence-electron chi connectivity index (χ4n) is 2.75. The quantitative estimate of drug-likeness (QED) is 0.780. The topological polar surface area (TPSA) is 59.8 Å². The zero-order valence-corrected chi connectivity index (χ0v) is 14.4. The van der Waals surface area contributed by atoms with Crippen LogP contribution in [0.5, 0.6) is 0 Å². The van der Waals surface area contributed by atoms with Gasteiger partial charge in [0.05, 0.1) is 27.0 Å². The predicted octanol–water partition coefficient (Wildman–Crippen LogP) is 3.45. The first-order chi connectivity index (χ1) is 11.1. The molecule has 0 radical (unpaired) electrons. The Hall–Kier alpha value is -2.21. The number of thiazole rings is 1. The van der Waals surface area contributed by atoms with E-state index in [2.05, 4.69) is 29.2 Å². The third-order valence-corrected chi connectivity index (χ3v) is 4.87. The highest BCUT2D eigenvalue weighted by molar-refractivity contribution is 7.17. The van der Waals surface area contributed by atoms with Crippen molar-refractivity contribution in [3.8, 4) is 0 Å². The van der Waals surface area contributed by atoms with Gasteiger partial charge in [-0.05, 0) is 32.4 Å². The maximum Gasteiger partial charge on any atom is 0.253 e. The SMILES string of the molecule is CCCn1nc(C)c(CNC(=O)c2cccc3ncsc23)c1C. The van der Waals surface area contributed by atoms with Crippen LogP contribution in [-0.2, 0) is 13.1 Å². The summed E-state index contributed by atoms with van der Waals surface area (Å²) in [6.45, 7) is 7.58. The largest absolute Gasteiger partial charge is 0.348 e. The number of aryl methyl sites for hydroxylation is 2. The van der Waals surface area contributed by atoms with Gasteiger partial charge in [0.2, 0.25) is 0 Å². The van der Waals surface area contributed by atoms with Crippen LogP contribution >= 0.6 is 11.3 Å². The Bertz CT molecular complexity index is 850. The molecule has 0 atom stereocenters. The van der Waals surface area contributed by atoms with Crippen LogP contribution in [0.3, 0.4) is 0 Å². The summed E-state index contributed by atoms with van der Waals surface area (Å²) < 4.78 is 2.95. The van der Waals surface area contributed by atoms with Crippen LogP contribution in [0.15, 0.2) is 23.7 Å². The first-order valence-corrected chi connectivity index (χ1v) is 8.63. The molecule has 0 spiro atoms. The van der Waals surface area contributed by atoms with Crippen molar-refractivity contribution in [2.24, 2.45) is 0 Å². The van der Waals surface area contributed by atoms with E-state index in [1.807, 2.05) is 29.8 Å². The van der Waals surface area contributed by atoms with Crippen molar-refractivity contribution in [1.29, 1.82) is 0 Å². The lowest BCUT2D eigenvalue weighted by Crippen LogP contribution is -2.23. The summed E-state index contributed by atoms with van der Waals surface area (Å²) in [4.78, 5) is 16.8. The summed E-state index contributed by atoms with van der Waals surface area (Å²) in [6.07, 6.45) is 1.04. The lowest BCUT2D eigenvalue weighted by Gasteiger charge is -2.07. The van der Waals surface area contributed by atoms with E-state index in [0.717, 1.165) is 40.1 Å². The number of aromatic nitrogens is 3. The van der Waals surface area contributed by atoms with Crippen LogP contribution in [0.25, 0.3) is 10.2 Å². The van der Waals surface area contributed by atoms with Gasteiger partial charge in [0.25, 0.3) is 5.91 Å². The van der Waals surface area contributed by atoms with E-state index >= 15 is 0 Å². The van der Waals surface area contributed by atoms with Crippen molar-refractivity contribution >= 4 is 27.5 Å². The molecule has 1 amide bonds. The van der Waals surface area contributed by atoms with E-state index in [-0.39, 0.29) is 5.91 Å². The summed E-state index contributed by atoms with van der Waals surface area (Å²) in [5.41, 5.74) is 6.52. The van der Waals surface area contributed by atoms with E-state index in [0.29, 0.717) is 12.1 Å². The summed E-state index contributed by atoms with van der Waals surface area (Å²) in [7, 11) is 0. The van der Waals surface area contributed by atoms with Crippen molar-refractivity contribution in [3.05, 3.63) is 46.2 Å². The standard InChI is InChI=1S/C17H20N4OS/c1-4-8-21-12(3)14(11(2)20-21)9-18-17(22)13-6-5-7-15-16(13)23-10-19-15/h5-7,10H,4,8-9H2,1-3H3,(H,18,22). The average molecular weight is 328 g/mol. The Labute approximate surface area is 139 Å². The minimum atomic E-state index is -0.0677. The van der Waals surface area contributed by atoms with Crippen molar-refractivity contribution < 1.29 is 4.79 Å². The summed E-state index contributed by atoms with van der Waals surface area (Å²) in [5, 5.41) is 7.57. The van der Waals surface area contributed by atoms with Gasteiger partial charge in [-0.1, -0.05) is 13.0 Å². The number of carbonyl (C=O) groups is 1. The van der Waals surface area contributed by atoms with Gasteiger partial charge in [-0.2, -0.15) is 5.10 Å². The molecule has 120 valence electrons. The van der Waals surface area contributed by atoms with Gasteiger partial charge in [0, 0.05) is 24.3 Å². The molecule has 0 saturated carbocycles. The van der Waals surface area contributed by atoms with E-state index in [1.54, 1.807) is 5.51 Å². The zero-order chi connectivity index (χ0) is 16.4. The third-order valence-electron chi connectivity index (χ3n) is 3.99. The predicted molar refractivity (Wildman–Crippen MR) is 92.8 cm³/mol. The number of carbonyl (C=O) groups excluding carboxylic acids is 1. The number of hydrogen-bond acceptors (Lipinski definition) is 4. The van der Waals surface area contributed by atoms with Gasteiger partial charge in [-0.15, -0.1) is 11.3 Å². The van der Waals surface area contributed by atoms with Crippen LogP contribution in [0, 0.1) is 13.8 Å². The van der Waals surface area contributed by atoms with Crippen LogP contribution in [0.4, 0.5) is 0 Å². The highest BCUT2D eigenvalue weighted by Crippen LogP contribution is 2.22. The highest BCUT2D eigenvalue weighted by Gasteiger charge is 2.15. The molecular formula is C17H20N4OS. The first-order valence-electron chi connectivity index (χ1n) is 7.75. The second-order valence-corrected chi connectivity index (χ2v) is 6.42. The Balaban J connectivity index is 1.78. The smallest absolute Gasteiger partial charge is 0.253 e. The van der Waals surface area contributed by atoms with E-state index in [1.165, 1.54) is 11.3 Å². The summed E-state index contributed by atoms with van der Waals surface area (Å²) in [5.74, 6) is -0.0677. The lowest BCUT2D eigenvalue weighted by atomic mass is 10.1. The van der Waals surface area contributed by atoms with Gasteiger partial charge in [-0.3, -0.25) is 9.48 Å². The van der Waals surface area contributed by atoms with Gasteiger partial charge in [0.15, 0.2) is 0 Å². The number of rotatable bonds is 5. The highest BCUT2D eigenvalue weighted by atomic mass is 32.1. The molecule has 1 aromatic carbocycles. The molecule has 0 fully saturated rings. The Morgan fingerprint density at radius 3 is 2.96 bits per heavy atom. The number of amides is 1. The Kier molecular flexibility index (Phi) is 4.43. The van der Waals surface area contributed by atoms with Gasteiger partial charge in [-0.25, -0.2) is 4.98 Å². The van der Waals surface area contributed by atoms with Crippen LogP contribution < -0.4 is 5.32 Å². The molecule has 0 aliphatic rings. The van der Waals surface area contributed by atoms with Crippen LogP contribution in [-0.4, -0.2) is 20.7 Å². The molecule has 6 heteroatoms. The molecule has 23 heavy (non-hydrogen) atoms. The van der Waals surface area contributed by atoms with Gasteiger partial charge < -0.3 is 5.32 Å². The van der Waals surface area contributed by atoms with E-state index in [4.69, 9.17) is 0 Å². The normalized spacial score (nSPS) is 11.1. The molecule has 2 aromatic heterocycles. The third kappa shape index (κ3) is 2.99. The molecule has 0 unspecified atom stereocenters. The molecule has 0 aliphatic carbocycles. The summed E-state index contributed by atoms with van der Waals surface area (Å²) >= 11 is 1.49. The maximum absolute atomic E-state index is 12.5. The molecule has 5 nitrogen and oxygen atoms in total. The summed E-state index contributed by atoms with van der Waals surface area (Å²) in [6, 6.07) is 5.63. The first kappa shape index (κ1) is 15.7. The zero-order valence-electron chi connectivity index (χ0n) is 13.6. The molecule has 0 aliphatic heterocycles. The van der Waals surface area contributed by atoms with Crippen LogP contribution in [0.1, 0.15) is 40.7 Å². The second kappa shape index (κ2) is 6.50. The lowest BCUT2D eigenvalue weighted by molar-refractivity contribution is 0.0952. The Morgan fingerprint density at radius 1 is 1.35 bits per heavy atom. The van der Waals surface area contributed by atoms with Gasteiger partial charge in [0.1, 0.15) is 0 Å². The molecule has 0 bridgehead atoms. The average Bonchev–Trinajstić information content (AvgIpc) is 3.11. The molecule has 1 N–H and O–H groups in total. The molecule has 0 saturated heterocycles. The van der Waals surface area contributed by atoms with Crippen molar-refractivity contribution in [1.82, 2.24) is 20.1 Å². The number of nitrogens with one attached hydrogen (secondary N) is 1. The Morgan fingerprint density at radius 2 is 2.17 bits per heavy atom. The van der Waals surface area contributed by atoms with E-state index in [9.17, 15) is 4.79 Å². The minimum absolute atomic E-state index is 0.0677. The monoisotopic (exact) mass is 328 g/mol. The van der Waals surface area contributed by atoms with Crippen LogP contribution in [0.2, 0.25) is 0 Å².